The maximum atomic E-state index is 12.9. The van der Waals surface area contributed by atoms with Gasteiger partial charge in [0.15, 0.2) is 10.7 Å². The van der Waals surface area contributed by atoms with E-state index in [9.17, 15) is 4.79 Å². The van der Waals surface area contributed by atoms with E-state index in [-0.39, 0.29) is 10.7 Å². The van der Waals surface area contributed by atoms with Crippen LogP contribution in [0.4, 0.5) is 5.69 Å². The third-order valence-electron chi connectivity index (χ3n) is 5.63. The second-order valence-corrected chi connectivity index (χ2v) is 8.60. The van der Waals surface area contributed by atoms with Crippen LogP contribution in [0.1, 0.15) is 10.4 Å². The number of anilines is 1. The smallest absolute Gasteiger partial charge is 0.264 e. The number of carbonyl (C=O) groups excluding carboxylic acids is 1. The number of aromatic nitrogens is 1. The van der Waals surface area contributed by atoms with E-state index in [2.05, 4.69) is 15.6 Å². The molecule has 0 saturated heterocycles. The highest BCUT2D eigenvalue weighted by molar-refractivity contribution is 7.80. The number of oxazole rings is 1. The highest BCUT2D eigenvalue weighted by Crippen LogP contribution is 2.34. The number of hydrogen-bond donors (Lipinski definition) is 2. The molecule has 180 valence electrons. The highest BCUT2D eigenvalue weighted by Gasteiger charge is 2.19. The number of nitrogens with zero attached hydrogens (tertiary/aromatic N) is 1. The van der Waals surface area contributed by atoms with Crippen LogP contribution in [0.5, 0.6) is 11.5 Å². The third-order valence-corrected chi connectivity index (χ3v) is 6.16. The van der Waals surface area contributed by atoms with Crippen LogP contribution in [0.25, 0.3) is 33.3 Å². The van der Waals surface area contributed by atoms with Crippen LogP contribution < -0.4 is 20.1 Å². The molecular formula is C27H20ClN3O4S. The summed E-state index contributed by atoms with van der Waals surface area (Å²) < 4.78 is 16.6. The Hall–Kier alpha value is -4.14. The van der Waals surface area contributed by atoms with Crippen molar-refractivity contribution in [3.63, 3.8) is 0 Å². The fourth-order valence-electron chi connectivity index (χ4n) is 3.98. The van der Waals surface area contributed by atoms with Crippen molar-refractivity contribution in [1.82, 2.24) is 10.3 Å². The highest BCUT2D eigenvalue weighted by atomic mass is 35.5. The van der Waals surface area contributed by atoms with Crippen molar-refractivity contribution < 1.29 is 18.7 Å². The lowest BCUT2D eigenvalue weighted by atomic mass is 10.0. The molecule has 0 bridgehead atoms. The molecule has 5 rings (SSSR count). The second-order valence-electron chi connectivity index (χ2n) is 7.79. The van der Waals surface area contributed by atoms with Gasteiger partial charge < -0.3 is 19.2 Å². The van der Waals surface area contributed by atoms with Gasteiger partial charge in [-0.1, -0.05) is 41.9 Å². The Morgan fingerprint density at radius 2 is 1.64 bits per heavy atom. The minimum atomic E-state index is -0.457. The number of benzene rings is 4. The summed E-state index contributed by atoms with van der Waals surface area (Å²) in [6, 6.07) is 22.0. The van der Waals surface area contributed by atoms with Gasteiger partial charge >= 0.3 is 0 Å². The fraction of sp³-hybridized carbons (Fsp3) is 0.0741. The van der Waals surface area contributed by atoms with Crippen molar-refractivity contribution in [3.05, 3.63) is 83.4 Å². The minimum Gasteiger partial charge on any atom is -0.496 e. The topological polar surface area (TPSA) is 85.6 Å². The molecule has 1 heterocycles. The Labute approximate surface area is 217 Å². The molecule has 5 aromatic rings. The average molecular weight is 518 g/mol. The molecule has 1 amide bonds. The van der Waals surface area contributed by atoms with Crippen LogP contribution in [-0.4, -0.2) is 30.2 Å². The molecule has 9 heteroatoms. The number of thiocarbonyl (C=S) groups is 1. The number of ether oxygens (including phenoxy) is 2. The fourth-order valence-corrected chi connectivity index (χ4v) is 4.43. The number of amides is 1. The molecule has 0 spiro atoms. The molecule has 0 unspecified atom stereocenters. The van der Waals surface area contributed by atoms with Crippen LogP contribution in [0, 0.1) is 0 Å². The first-order valence-corrected chi connectivity index (χ1v) is 11.7. The van der Waals surface area contributed by atoms with Gasteiger partial charge in [-0.3, -0.25) is 10.1 Å². The number of carbonyl (C=O) groups is 1. The van der Waals surface area contributed by atoms with Gasteiger partial charge in [-0.2, -0.15) is 0 Å². The number of rotatable bonds is 5. The summed E-state index contributed by atoms with van der Waals surface area (Å²) in [4.78, 5) is 17.5. The Kier molecular flexibility index (Phi) is 6.45. The van der Waals surface area contributed by atoms with Crippen LogP contribution in [0.15, 0.2) is 77.2 Å². The number of nitrogens with one attached hydrogen (secondary N) is 2. The molecule has 0 aliphatic heterocycles. The molecule has 7 nitrogen and oxygen atoms in total. The van der Waals surface area contributed by atoms with E-state index in [0.717, 1.165) is 16.3 Å². The lowest BCUT2D eigenvalue weighted by molar-refractivity contribution is 0.0971. The summed E-state index contributed by atoms with van der Waals surface area (Å²) in [5.74, 6) is 0.775. The number of methoxy groups -OCH3 is 2. The Bertz CT molecular complexity index is 1610. The minimum absolute atomic E-state index is 0.111. The second kappa shape index (κ2) is 9.85. The van der Waals surface area contributed by atoms with Gasteiger partial charge in [0.05, 0.1) is 14.2 Å². The van der Waals surface area contributed by atoms with Crippen LogP contribution in [0.3, 0.4) is 0 Å². The van der Waals surface area contributed by atoms with Crippen LogP contribution in [0.2, 0.25) is 5.02 Å². The summed E-state index contributed by atoms with van der Waals surface area (Å²) >= 11 is 11.7. The van der Waals surface area contributed by atoms with Gasteiger partial charge in [0.25, 0.3) is 5.91 Å². The summed E-state index contributed by atoms with van der Waals surface area (Å²) in [6.45, 7) is 0. The zero-order valence-corrected chi connectivity index (χ0v) is 20.9. The van der Waals surface area contributed by atoms with Crippen molar-refractivity contribution in [1.29, 1.82) is 0 Å². The molecule has 0 aliphatic carbocycles. The van der Waals surface area contributed by atoms with Gasteiger partial charge in [-0.25, -0.2) is 4.98 Å². The quantitative estimate of drug-likeness (QED) is 0.259. The molecular weight excluding hydrogens is 498 g/mol. The Morgan fingerprint density at radius 1 is 0.944 bits per heavy atom. The van der Waals surface area contributed by atoms with E-state index < -0.39 is 5.91 Å². The Balaban J connectivity index is 1.38. The number of fused-ring (bicyclic) bond motifs is 2. The Morgan fingerprint density at radius 3 is 2.39 bits per heavy atom. The zero-order valence-electron chi connectivity index (χ0n) is 19.3. The van der Waals surface area contributed by atoms with E-state index in [1.54, 1.807) is 36.4 Å². The first-order valence-electron chi connectivity index (χ1n) is 10.9. The van der Waals surface area contributed by atoms with Crippen molar-refractivity contribution in [2.24, 2.45) is 0 Å². The molecule has 0 fully saturated rings. The van der Waals surface area contributed by atoms with Gasteiger partial charge in [0.2, 0.25) is 5.89 Å². The average Bonchev–Trinajstić information content (AvgIpc) is 3.31. The molecule has 4 aromatic carbocycles. The zero-order chi connectivity index (χ0) is 25.2. The molecule has 0 radical (unpaired) electrons. The SMILES string of the molecule is COc1cccc(OC)c1C(=O)NC(=S)Nc1ccc2oc(-c3cccc4c(Cl)cccc34)nc2c1. The lowest BCUT2D eigenvalue weighted by Gasteiger charge is -2.14. The molecule has 0 aliphatic rings. The number of hydrogen-bond acceptors (Lipinski definition) is 6. The lowest BCUT2D eigenvalue weighted by Crippen LogP contribution is -2.34. The molecule has 36 heavy (non-hydrogen) atoms. The predicted molar refractivity (Wildman–Crippen MR) is 145 cm³/mol. The maximum Gasteiger partial charge on any atom is 0.264 e. The molecule has 2 N–H and O–H groups in total. The summed E-state index contributed by atoms with van der Waals surface area (Å²) in [5.41, 5.74) is 2.98. The van der Waals surface area contributed by atoms with Crippen molar-refractivity contribution in [3.8, 4) is 23.0 Å². The number of halogens is 1. The van der Waals surface area contributed by atoms with E-state index in [0.29, 0.717) is 39.2 Å². The van der Waals surface area contributed by atoms with E-state index in [1.807, 2.05) is 36.4 Å². The van der Waals surface area contributed by atoms with Gasteiger partial charge in [0.1, 0.15) is 22.6 Å². The van der Waals surface area contributed by atoms with Gasteiger partial charge in [0, 0.05) is 21.7 Å². The molecule has 1 aromatic heterocycles. The summed E-state index contributed by atoms with van der Waals surface area (Å²) in [7, 11) is 2.97. The largest absolute Gasteiger partial charge is 0.496 e. The van der Waals surface area contributed by atoms with Gasteiger partial charge in [-0.05, 0) is 60.1 Å². The first kappa shape index (κ1) is 23.6. The normalized spacial score (nSPS) is 10.9. The third kappa shape index (κ3) is 4.44. The van der Waals surface area contributed by atoms with Crippen molar-refractivity contribution in [2.45, 2.75) is 0 Å². The summed E-state index contributed by atoms with van der Waals surface area (Å²) in [6.07, 6.45) is 0. The van der Waals surface area contributed by atoms with Crippen LogP contribution in [-0.2, 0) is 0 Å². The summed E-state index contributed by atoms with van der Waals surface area (Å²) in [5, 5.41) is 8.33. The maximum absolute atomic E-state index is 12.9. The van der Waals surface area contributed by atoms with E-state index in [1.165, 1.54) is 14.2 Å². The van der Waals surface area contributed by atoms with Crippen LogP contribution >= 0.6 is 23.8 Å². The monoisotopic (exact) mass is 517 g/mol. The first-order chi connectivity index (χ1) is 17.5. The standard InChI is InChI=1S/C27H20ClN3O4S/c1-33-22-10-5-11-23(34-2)24(22)25(32)31-27(36)29-15-12-13-21-20(14-15)30-26(35-21)18-8-3-7-17-16(18)6-4-9-19(17)28/h3-14H,1-2H3,(H2,29,31,32,36). The molecule has 0 atom stereocenters. The van der Waals surface area contributed by atoms with Gasteiger partial charge in [-0.15, -0.1) is 0 Å². The van der Waals surface area contributed by atoms with Crippen molar-refractivity contribution in [2.75, 3.05) is 19.5 Å². The predicted octanol–water partition coefficient (Wildman–Crippen LogP) is 6.45. The van der Waals surface area contributed by atoms with Crippen molar-refractivity contribution >= 4 is 62.4 Å². The van der Waals surface area contributed by atoms with E-state index in [4.69, 9.17) is 37.7 Å². The van der Waals surface area contributed by atoms with E-state index >= 15 is 0 Å². The molecule has 0 saturated carbocycles.